The molecule has 80 valence electrons. The molecule has 0 saturated heterocycles. The molecule has 1 aromatic rings. The van der Waals surface area contributed by atoms with Crippen molar-refractivity contribution in [2.24, 2.45) is 0 Å². The zero-order chi connectivity index (χ0) is 11.1. The minimum absolute atomic E-state index is 0.647. The summed E-state index contributed by atoms with van der Waals surface area (Å²) in [6.07, 6.45) is 1.25. The highest BCUT2D eigenvalue weighted by molar-refractivity contribution is 5.30. The zero-order valence-electron chi connectivity index (χ0n) is 10.5. The van der Waals surface area contributed by atoms with E-state index >= 15 is 0 Å². The van der Waals surface area contributed by atoms with E-state index in [9.17, 15) is 0 Å². The lowest BCUT2D eigenvalue weighted by atomic mass is 9.99. The summed E-state index contributed by atoms with van der Waals surface area (Å²) in [5, 5.41) is 0. The Hall–Kier alpha value is -0.780. The maximum Gasteiger partial charge on any atom is -0.0219 e. The highest BCUT2D eigenvalue weighted by Crippen LogP contribution is 2.17. The van der Waals surface area contributed by atoms with Gasteiger partial charge in [-0.3, -0.25) is 0 Å². The summed E-state index contributed by atoms with van der Waals surface area (Å²) in [6, 6.07) is 6.74. The number of hydrogen-bond donors (Lipinski definition) is 0. The van der Waals surface area contributed by atoms with Crippen molar-refractivity contribution in [3.05, 3.63) is 34.9 Å². The van der Waals surface area contributed by atoms with Crippen LogP contribution < -0.4 is 0 Å². The summed E-state index contributed by atoms with van der Waals surface area (Å²) in [4.78, 5) is 0. The average Bonchev–Trinajstić information content (AvgIpc) is 2.03. The van der Waals surface area contributed by atoms with Gasteiger partial charge < -0.3 is 0 Å². The third kappa shape index (κ3) is 5.06. The molecule has 0 radical (unpaired) electrons. The summed E-state index contributed by atoms with van der Waals surface area (Å²) in [6.45, 7) is 13.0. The Labute approximate surface area is 89.4 Å². The first kappa shape index (κ1) is 13.2. The Morgan fingerprint density at radius 2 is 1.29 bits per heavy atom. The van der Waals surface area contributed by atoms with E-state index in [0.29, 0.717) is 5.92 Å². The van der Waals surface area contributed by atoms with Gasteiger partial charge >= 0.3 is 0 Å². The van der Waals surface area contributed by atoms with Crippen molar-refractivity contribution in [1.82, 2.24) is 0 Å². The standard InChI is InChI=1S/C11H16.C3H8/c1-8(2)11-6-9(3)5-10(4)7-11;1-3-2/h5-8H,1-4H3;3H2,1-2H3. The van der Waals surface area contributed by atoms with Gasteiger partial charge in [-0.15, -0.1) is 0 Å². The van der Waals surface area contributed by atoms with E-state index in [4.69, 9.17) is 0 Å². The van der Waals surface area contributed by atoms with Crippen molar-refractivity contribution in [3.8, 4) is 0 Å². The van der Waals surface area contributed by atoms with Crippen LogP contribution in [0.15, 0.2) is 18.2 Å². The van der Waals surface area contributed by atoms with Crippen LogP contribution in [0.1, 0.15) is 56.7 Å². The van der Waals surface area contributed by atoms with Gasteiger partial charge in [0.2, 0.25) is 0 Å². The second-order valence-corrected chi connectivity index (χ2v) is 4.28. The predicted molar refractivity (Wildman–Crippen MR) is 66.0 cm³/mol. The van der Waals surface area contributed by atoms with Crippen molar-refractivity contribution in [3.63, 3.8) is 0 Å². The van der Waals surface area contributed by atoms with Crippen LogP contribution in [0.3, 0.4) is 0 Å². The van der Waals surface area contributed by atoms with E-state index in [-0.39, 0.29) is 0 Å². The van der Waals surface area contributed by atoms with Gasteiger partial charge in [-0.2, -0.15) is 0 Å². The Balaban J connectivity index is 0.000000500. The summed E-state index contributed by atoms with van der Waals surface area (Å²) < 4.78 is 0. The van der Waals surface area contributed by atoms with Gasteiger partial charge in [0.15, 0.2) is 0 Å². The van der Waals surface area contributed by atoms with Crippen molar-refractivity contribution in [1.29, 1.82) is 0 Å². The van der Waals surface area contributed by atoms with Gasteiger partial charge in [-0.25, -0.2) is 0 Å². The first-order valence-electron chi connectivity index (χ1n) is 5.59. The molecule has 0 heterocycles. The van der Waals surface area contributed by atoms with E-state index in [1.807, 2.05) is 0 Å². The molecule has 0 fully saturated rings. The van der Waals surface area contributed by atoms with E-state index in [1.165, 1.54) is 23.1 Å². The largest absolute Gasteiger partial charge is 0.0656 e. The minimum Gasteiger partial charge on any atom is -0.0656 e. The summed E-state index contributed by atoms with van der Waals surface area (Å²) >= 11 is 0. The van der Waals surface area contributed by atoms with Gasteiger partial charge in [0.05, 0.1) is 0 Å². The van der Waals surface area contributed by atoms with Crippen molar-refractivity contribution in [2.45, 2.75) is 53.9 Å². The fourth-order valence-electron chi connectivity index (χ4n) is 1.34. The number of rotatable bonds is 1. The lowest BCUT2D eigenvalue weighted by Gasteiger charge is -2.07. The molecule has 0 aliphatic heterocycles. The molecule has 0 unspecified atom stereocenters. The van der Waals surface area contributed by atoms with Crippen molar-refractivity contribution >= 4 is 0 Å². The number of hydrogen-bond acceptors (Lipinski definition) is 0. The number of benzene rings is 1. The molecule has 0 N–H and O–H groups in total. The van der Waals surface area contributed by atoms with Crippen molar-refractivity contribution in [2.75, 3.05) is 0 Å². The molecular formula is C14H24. The fourth-order valence-corrected chi connectivity index (χ4v) is 1.34. The van der Waals surface area contributed by atoms with E-state index < -0.39 is 0 Å². The van der Waals surface area contributed by atoms with E-state index in [1.54, 1.807) is 0 Å². The van der Waals surface area contributed by atoms with Gasteiger partial charge in [0.25, 0.3) is 0 Å². The topological polar surface area (TPSA) is 0 Å². The molecular weight excluding hydrogens is 168 g/mol. The maximum atomic E-state index is 2.26. The molecule has 1 aromatic carbocycles. The maximum absolute atomic E-state index is 2.26. The van der Waals surface area contributed by atoms with Crippen molar-refractivity contribution < 1.29 is 0 Å². The molecule has 0 saturated carbocycles. The minimum atomic E-state index is 0.647. The molecule has 14 heavy (non-hydrogen) atoms. The summed E-state index contributed by atoms with van der Waals surface area (Å²) in [5.74, 6) is 0.647. The Morgan fingerprint density at radius 3 is 1.57 bits per heavy atom. The zero-order valence-corrected chi connectivity index (χ0v) is 10.5. The highest BCUT2D eigenvalue weighted by Gasteiger charge is 1.99. The summed E-state index contributed by atoms with van der Waals surface area (Å²) in [5.41, 5.74) is 4.19. The monoisotopic (exact) mass is 192 g/mol. The lowest BCUT2D eigenvalue weighted by Crippen LogP contribution is -1.89. The number of aryl methyl sites for hydroxylation is 2. The molecule has 0 aromatic heterocycles. The Bertz CT molecular complexity index is 238. The molecule has 0 atom stereocenters. The third-order valence-electron chi connectivity index (χ3n) is 1.91. The molecule has 0 aliphatic rings. The Morgan fingerprint density at radius 1 is 0.929 bits per heavy atom. The van der Waals surface area contributed by atoms with E-state index in [2.05, 4.69) is 59.7 Å². The van der Waals surface area contributed by atoms with Crippen LogP contribution >= 0.6 is 0 Å². The molecule has 0 nitrogen and oxygen atoms in total. The van der Waals surface area contributed by atoms with Gasteiger partial charge in [-0.05, 0) is 25.3 Å². The predicted octanol–water partition coefficient (Wildman–Crippen LogP) is 4.84. The molecule has 0 spiro atoms. The molecule has 1 rings (SSSR count). The van der Waals surface area contributed by atoms with Crippen LogP contribution in [-0.2, 0) is 0 Å². The Kier molecular flexibility index (Phi) is 6.27. The third-order valence-corrected chi connectivity index (χ3v) is 1.91. The second-order valence-electron chi connectivity index (χ2n) is 4.28. The highest BCUT2D eigenvalue weighted by atomic mass is 14.0. The molecule has 0 heteroatoms. The van der Waals surface area contributed by atoms with Gasteiger partial charge in [0.1, 0.15) is 0 Å². The second kappa shape index (κ2) is 6.64. The van der Waals surface area contributed by atoms with Crippen LogP contribution in [0.5, 0.6) is 0 Å². The summed E-state index contributed by atoms with van der Waals surface area (Å²) in [7, 11) is 0. The molecule has 0 aliphatic carbocycles. The lowest BCUT2D eigenvalue weighted by molar-refractivity contribution is 0.863. The average molecular weight is 192 g/mol. The van der Waals surface area contributed by atoms with Crippen LogP contribution in [-0.4, -0.2) is 0 Å². The normalized spacial score (nSPS) is 9.64. The van der Waals surface area contributed by atoms with E-state index in [0.717, 1.165) is 0 Å². The molecule has 0 bridgehead atoms. The first-order chi connectivity index (χ1) is 6.51. The first-order valence-corrected chi connectivity index (χ1v) is 5.59. The quantitative estimate of drug-likeness (QED) is 0.597. The van der Waals surface area contributed by atoms with Crippen LogP contribution in [0.4, 0.5) is 0 Å². The van der Waals surface area contributed by atoms with Crippen LogP contribution in [0.25, 0.3) is 0 Å². The fraction of sp³-hybridized carbons (Fsp3) is 0.571. The van der Waals surface area contributed by atoms with Crippen LogP contribution in [0, 0.1) is 13.8 Å². The molecule has 0 amide bonds. The van der Waals surface area contributed by atoms with Gasteiger partial charge in [0, 0.05) is 0 Å². The smallest absolute Gasteiger partial charge is 0.0219 e. The SMILES string of the molecule is CCC.Cc1cc(C)cc(C(C)C)c1. The van der Waals surface area contributed by atoms with Gasteiger partial charge in [-0.1, -0.05) is 63.4 Å². The van der Waals surface area contributed by atoms with Crippen LogP contribution in [0.2, 0.25) is 0 Å².